The van der Waals surface area contributed by atoms with Crippen LogP contribution in [0, 0.1) is 11.3 Å². The van der Waals surface area contributed by atoms with Crippen LogP contribution in [-0.4, -0.2) is 0 Å². The van der Waals surface area contributed by atoms with Gasteiger partial charge in [0.1, 0.15) is 6.07 Å². The number of nitrogens with one attached hydrogen (secondary N) is 1. The first-order valence-corrected chi connectivity index (χ1v) is 6.57. The molecular formula is C11H5Cl3N2S. The molecule has 2 aromatic rings. The molecule has 1 N–H and O–H groups in total. The first-order valence-electron chi connectivity index (χ1n) is 4.49. The van der Waals surface area contributed by atoms with Crippen LogP contribution in [0.15, 0.2) is 22.9 Å². The van der Waals surface area contributed by atoms with E-state index in [1.54, 1.807) is 17.5 Å². The highest BCUT2D eigenvalue weighted by Crippen LogP contribution is 2.36. The second-order valence-electron chi connectivity index (χ2n) is 3.18. The third-order valence-corrected chi connectivity index (χ3v) is 3.61. The fraction of sp³-hybridized carbons (Fsp3) is 0. The molecule has 0 aliphatic carbocycles. The monoisotopic (exact) mass is 302 g/mol. The zero-order valence-corrected chi connectivity index (χ0v) is 11.4. The number of nitrogens with zero attached hydrogens (tertiary/aromatic N) is 1. The lowest BCUT2D eigenvalue weighted by atomic mass is 10.2. The number of anilines is 2. The molecule has 0 radical (unpaired) electrons. The van der Waals surface area contributed by atoms with Crippen LogP contribution in [-0.2, 0) is 0 Å². The van der Waals surface area contributed by atoms with Crippen molar-refractivity contribution < 1.29 is 0 Å². The summed E-state index contributed by atoms with van der Waals surface area (Å²) in [4.78, 5) is 0. The van der Waals surface area contributed by atoms with Crippen LogP contribution in [0.5, 0.6) is 0 Å². The first-order chi connectivity index (χ1) is 8.11. The molecule has 86 valence electrons. The number of hydrogen-bond donors (Lipinski definition) is 1. The number of hydrogen-bond acceptors (Lipinski definition) is 3. The van der Waals surface area contributed by atoms with E-state index in [0.29, 0.717) is 32.0 Å². The molecule has 0 atom stereocenters. The van der Waals surface area contributed by atoms with Gasteiger partial charge in [-0.05, 0) is 12.1 Å². The maximum atomic E-state index is 8.90. The molecule has 17 heavy (non-hydrogen) atoms. The van der Waals surface area contributed by atoms with E-state index in [4.69, 9.17) is 40.1 Å². The summed E-state index contributed by atoms with van der Waals surface area (Å²) in [7, 11) is 0. The summed E-state index contributed by atoms with van der Waals surface area (Å²) in [5.41, 5.74) is 1.79. The van der Waals surface area contributed by atoms with Crippen LogP contribution in [0.4, 0.5) is 11.4 Å². The zero-order valence-electron chi connectivity index (χ0n) is 8.30. The Hall–Kier alpha value is -0.920. The van der Waals surface area contributed by atoms with Crippen LogP contribution < -0.4 is 5.32 Å². The molecule has 6 heteroatoms. The highest BCUT2D eigenvalue weighted by molar-refractivity contribution is 7.08. The lowest BCUT2D eigenvalue weighted by Crippen LogP contribution is -1.92. The van der Waals surface area contributed by atoms with Crippen molar-refractivity contribution in [3.8, 4) is 6.07 Å². The Balaban J connectivity index is 2.41. The molecule has 1 heterocycles. The molecule has 1 aromatic heterocycles. The van der Waals surface area contributed by atoms with Gasteiger partial charge in [0.25, 0.3) is 0 Å². The average molecular weight is 304 g/mol. The van der Waals surface area contributed by atoms with E-state index in [1.807, 2.05) is 5.38 Å². The summed E-state index contributed by atoms with van der Waals surface area (Å²) in [6.45, 7) is 0. The minimum atomic E-state index is 0.414. The third-order valence-electron chi connectivity index (χ3n) is 2.05. The van der Waals surface area contributed by atoms with Gasteiger partial charge in [0, 0.05) is 15.8 Å². The summed E-state index contributed by atoms with van der Waals surface area (Å²) in [5.74, 6) is 0. The average Bonchev–Trinajstić information content (AvgIpc) is 2.70. The van der Waals surface area contributed by atoms with E-state index in [2.05, 4.69) is 11.4 Å². The first kappa shape index (κ1) is 12.5. The van der Waals surface area contributed by atoms with Gasteiger partial charge in [0.05, 0.1) is 27.0 Å². The Morgan fingerprint density at radius 1 is 1.12 bits per heavy atom. The van der Waals surface area contributed by atoms with E-state index in [1.165, 1.54) is 11.3 Å². The van der Waals surface area contributed by atoms with Gasteiger partial charge in [0.15, 0.2) is 0 Å². The topological polar surface area (TPSA) is 35.8 Å². The Bertz CT molecular complexity index is 578. The fourth-order valence-electron chi connectivity index (χ4n) is 1.28. The Kier molecular flexibility index (Phi) is 3.80. The highest BCUT2D eigenvalue weighted by atomic mass is 35.5. The quantitative estimate of drug-likeness (QED) is 0.814. The van der Waals surface area contributed by atoms with E-state index in [0.717, 1.165) is 0 Å². The van der Waals surface area contributed by atoms with Gasteiger partial charge >= 0.3 is 0 Å². The third kappa shape index (κ3) is 2.67. The molecule has 0 unspecified atom stereocenters. The lowest BCUT2D eigenvalue weighted by Gasteiger charge is -2.09. The van der Waals surface area contributed by atoms with Crippen molar-refractivity contribution in [2.24, 2.45) is 0 Å². The Labute approximate surface area is 117 Å². The van der Waals surface area contributed by atoms with Crippen LogP contribution in [0.3, 0.4) is 0 Å². The molecule has 1 aromatic carbocycles. The zero-order chi connectivity index (χ0) is 12.4. The van der Waals surface area contributed by atoms with Gasteiger partial charge in [0.2, 0.25) is 0 Å². The number of benzene rings is 1. The van der Waals surface area contributed by atoms with Crippen molar-refractivity contribution in [3.63, 3.8) is 0 Å². The maximum absolute atomic E-state index is 8.90. The molecule has 0 saturated heterocycles. The van der Waals surface area contributed by atoms with Gasteiger partial charge in [-0.3, -0.25) is 0 Å². The predicted octanol–water partition coefficient (Wildman–Crippen LogP) is 5.32. The van der Waals surface area contributed by atoms with E-state index >= 15 is 0 Å². The molecule has 2 nitrogen and oxygen atoms in total. The molecule has 2 rings (SSSR count). The van der Waals surface area contributed by atoms with Crippen LogP contribution in [0.2, 0.25) is 15.1 Å². The predicted molar refractivity (Wildman–Crippen MR) is 73.8 cm³/mol. The Morgan fingerprint density at radius 2 is 1.76 bits per heavy atom. The highest BCUT2D eigenvalue weighted by Gasteiger charge is 2.10. The molecule has 0 aliphatic rings. The van der Waals surface area contributed by atoms with Crippen LogP contribution in [0.1, 0.15) is 5.56 Å². The minimum absolute atomic E-state index is 0.414. The second kappa shape index (κ2) is 5.16. The van der Waals surface area contributed by atoms with Gasteiger partial charge in [-0.25, -0.2) is 0 Å². The molecule has 0 bridgehead atoms. The molecule has 0 amide bonds. The number of rotatable bonds is 2. The maximum Gasteiger partial charge on any atom is 0.102 e. The largest absolute Gasteiger partial charge is 0.351 e. The van der Waals surface area contributed by atoms with Gasteiger partial charge < -0.3 is 5.32 Å². The summed E-state index contributed by atoms with van der Waals surface area (Å²) >= 11 is 19.3. The van der Waals surface area contributed by atoms with Crippen molar-refractivity contribution in [2.45, 2.75) is 0 Å². The van der Waals surface area contributed by atoms with Gasteiger partial charge in [-0.1, -0.05) is 34.8 Å². The molecule has 0 fully saturated rings. The normalized spacial score (nSPS) is 10.0. The van der Waals surface area contributed by atoms with Crippen molar-refractivity contribution in [1.82, 2.24) is 0 Å². The van der Waals surface area contributed by atoms with E-state index < -0.39 is 0 Å². The number of nitriles is 1. The smallest absolute Gasteiger partial charge is 0.102 e. The van der Waals surface area contributed by atoms with E-state index in [-0.39, 0.29) is 0 Å². The molecule has 0 saturated carbocycles. The lowest BCUT2D eigenvalue weighted by molar-refractivity contribution is 1.49. The number of thiophene rings is 1. The van der Waals surface area contributed by atoms with E-state index in [9.17, 15) is 0 Å². The minimum Gasteiger partial charge on any atom is -0.351 e. The molecule has 0 aliphatic heterocycles. The Morgan fingerprint density at radius 3 is 2.35 bits per heavy atom. The summed E-state index contributed by atoms with van der Waals surface area (Å²) in [5, 5.41) is 16.8. The van der Waals surface area contributed by atoms with Crippen LogP contribution >= 0.6 is 46.1 Å². The second-order valence-corrected chi connectivity index (χ2v) is 5.17. The number of halogens is 3. The molecular weight excluding hydrogens is 299 g/mol. The SMILES string of the molecule is N#Cc1cscc1Nc1c(Cl)cc(Cl)cc1Cl. The van der Waals surface area contributed by atoms with Crippen molar-refractivity contribution in [2.75, 3.05) is 5.32 Å². The standard InChI is InChI=1S/C11H5Cl3N2S/c12-7-1-8(13)11(9(14)2-7)16-10-5-17-4-6(10)3-15/h1-2,4-5,16H. The van der Waals surface area contributed by atoms with Crippen LogP contribution in [0.25, 0.3) is 0 Å². The van der Waals surface area contributed by atoms with Gasteiger partial charge in [-0.2, -0.15) is 5.26 Å². The molecule has 0 spiro atoms. The summed E-state index contributed by atoms with van der Waals surface area (Å²) < 4.78 is 0. The van der Waals surface area contributed by atoms with Crippen molar-refractivity contribution in [1.29, 1.82) is 5.26 Å². The van der Waals surface area contributed by atoms with Gasteiger partial charge in [-0.15, -0.1) is 11.3 Å². The van der Waals surface area contributed by atoms with Crippen molar-refractivity contribution >= 4 is 57.5 Å². The fourth-order valence-corrected chi connectivity index (χ4v) is 2.89. The summed E-state index contributed by atoms with van der Waals surface area (Å²) in [6, 6.07) is 5.27. The summed E-state index contributed by atoms with van der Waals surface area (Å²) in [6.07, 6.45) is 0. The van der Waals surface area contributed by atoms with Crippen molar-refractivity contribution in [3.05, 3.63) is 43.5 Å².